The fraction of sp³-hybridized carbons (Fsp3) is 0.192. The number of furan rings is 1. The molecule has 0 fully saturated rings. The molecule has 2 aromatic heterocycles. The second-order valence-corrected chi connectivity index (χ2v) is 7.67. The summed E-state index contributed by atoms with van der Waals surface area (Å²) in [6.07, 6.45) is 0.699. The van der Waals surface area contributed by atoms with E-state index in [1.54, 1.807) is 36.4 Å². The smallest absolute Gasteiger partial charge is 0.287 e. The van der Waals surface area contributed by atoms with Crippen LogP contribution in [0.25, 0.3) is 5.69 Å². The maximum absolute atomic E-state index is 12.4. The predicted molar refractivity (Wildman–Crippen MR) is 123 cm³/mol. The Kier molecular flexibility index (Phi) is 6.56. The van der Waals surface area contributed by atoms with Gasteiger partial charge < -0.3 is 14.5 Å². The first-order chi connectivity index (χ1) is 16.0. The van der Waals surface area contributed by atoms with E-state index in [0.29, 0.717) is 30.0 Å². The minimum Gasteiger partial charge on any atom is -0.484 e. The molecule has 7 nitrogen and oxygen atoms in total. The average Bonchev–Trinajstić information content (AvgIpc) is 3.44. The second-order valence-electron chi connectivity index (χ2n) is 7.67. The van der Waals surface area contributed by atoms with Crippen molar-refractivity contribution in [2.45, 2.75) is 26.9 Å². The Morgan fingerprint density at radius 1 is 1.12 bits per heavy atom. The van der Waals surface area contributed by atoms with Crippen LogP contribution in [0.3, 0.4) is 0 Å². The lowest BCUT2D eigenvalue weighted by atomic mass is 10.1. The zero-order chi connectivity index (χ0) is 23.2. The molecule has 1 amide bonds. The van der Waals surface area contributed by atoms with Gasteiger partial charge in [0.1, 0.15) is 24.2 Å². The van der Waals surface area contributed by atoms with Gasteiger partial charge >= 0.3 is 0 Å². The van der Waals surface area contributed by atoms with Crippen LogP contribution >= 0.6 is 0 Å². The summed E-state index contributed by atoms with van der Waals surface area (Å²) in [5.74, 6) is 0.930. The number of rotatable bonds is 8. The zero-order valence-corrected chi connectivity index (χ0v) is 18.5. The van der Waals surface area contributed by atoms with Crippen molar-refractivity contribution in [3.8, 4) is 17.5 Å². The fourth-order valence-electron chi connectivity index (χ4n) is 3.51. The molecule has 33 heavy (non-hydrogen) atoms. The Labute approximate surface area is 192 Å². The van der Waals surface area contributed by atoms with Crippen LogP contribution in [0.4, 0.5) is 0 Å². The van der Waals surface area contributed by atoms with E-state index in [1.165, 1.54) is 0 Å². The molecule has 0 aliphatic carbocycles. The quantitative estimate of drug-likeness (QED) is 0.435. The summed E-state index contributed by atoms with van der Waals surface area (Å²) in [7, 11) is 0. The van der Waals surface area contributed by atoms with E-state index in [2.05, 4.69) is 16.5 Å². The Morgan fingerprint density at radius 2 is 1.91 bits per heavy atom. The summed E-state index contributed by atoms with van der Waals surface area (Å²) in [6, 6.07) is 22.6. The van der Waals surface area contributed by atoms with Crippen LogP contribution in [-0.2, 0) is 13.0 Å². The highest BCUT2D eigenvalue weighted by molar-refractivity contribution is 5.91. The lowest BCUT2D eigenvalue weighted by Gasteiger charge is -2.07. The number of nitrogens with zero attached hydrogens (tertiary/aromatic N) is 3. The van der Waals surface area contributed by atoms with E-state index in [0.717, 1.165) is 22.6 Å². The topological polar surface area (TPSA) is 93.1 Å². The third-order valence-corrected chi connectivity index (χ3v) is 5.15. The van der Waals surface area contributed by atoms with E-state index in [1.807, 2.05) is 48.9 Å². The monoisotopic (exact) mass is 440 g/mol. The number of hydrogen-bond acceptors (Lipinski definition) is 5. The Hall–Kier alpha value is -4.31. The van der Waals surface area contributed by atoms with Gasteiger partial charge in [0.05, 0.1) is 16.9 Å². The van der Waals surface area contributed by atoms with Crippen molar-refractivity contribution in [3.63, 3.8) is 0 Å². The molecule has 2 heterocycles. The Bertz CT molecular complexity index is 1300. The van der Waals surface area contributed by atoms with Crippen LogP contribution in [0, 0.1) is 25.2 Å². The predicted octanol–water partition coefficient (Wildman–Crippen LogP) is 4.51. The number of para-hydroxylation sites is 1. The van der Waals surface area contributed by atoms with Crippen molar-refractivity contribution >= 4 is 5.91 Å². The Morgan fingerprint density at radius 3 is 2.64 bits per heavy atom. The molecule has 0 spiro atoms. The van der Waals surface area contributed by atoms with E-state index < -0.39 is 0 Å². The maximum atomic E-state index is 12.4. The highest BCUT2D eigenvalue weighted by Crippen LogP contribution is 2.19. The van der Waals surface area contributed by atoms with Crippen LogP contribution in [-0.4, -0.2) is 22.2 Å². The van der Waals surface area contributed by atoms with Gasteiger partial charge in [0, 0.05) is 12.2 Å². The first-order valence-electron chi connectivity index (χ1n) is 10.6. The molecule has 7 heteroatoms. The number of aryl methyl sites for hydroxylation is 2. The first kappa shape index (κ1) is 21.9. The molecule has 0 saturated heterocycles. The number of hydrogen-bond donors (Lipinski definition) is 1. The van der Waals surface area contributed by atoms with Gasteiger partial charge in [-0.05, 0) is 68.3 Å². The number of carbonyl (C=O) groups excluding carboxylic acids is 1. The van der Waals surface area contributed by atoms with Crippen LogP contribution in [0.15, 0.2) is 71.1 Å². The van der Waals surface area contributed by atoms with Crippen molar-refractivity contribution < 1.29 is 13.9 Å². The highest BCUT2D eigenvalue weighted by atomic mass is 16.5. The molecule has 1 N–H and O–H groups in total. The van der Waals surface area contributed by atoms with Crippen LogP contribution in [0.1, 0.15) is 38.8 Å². The molecule has 0 radical (unpaired) electrons. The fourth-order valence-corrected chi connectivity index (χ4v) is 3.51. The van der Waals surface area contributed by atoms with Crippen LogP contribution < -0.4 is 10.1 Å². The molecule has 0 aliphatic rings. The number of amides is 1. The largest absolute Gasteiger partial charge is 0.484 e. The van der Waals surface area contributed by atoms with Gasteiger partial charge in [0.25, 0.3) is 5.91 Å². The number of benzene rings is 2. The molecule has 0 atom stereocenters. The van der Waals surface area contributed by atoms with E-state index in [9.17, 15) is 4.79 Å². The number of nitrogens with one attached hydrogen (secondary N) is 1. The molecular formula is C26H24N4O3. The van der Waals surface area contributed by atoms with E-state index in [-0.39, 0.29) is 18.3 Å². The summed E-state index contributed by atoms with van der Waals surface area (Å²) >= 11 is 0. The summed E-state index contributed by atoms with van der Waals surface area (Å²) < 4.78 is 13.1. The minimum absolute atomic E-state index is 0.133. The van der Waals surface area contributed by atoms with Gasteiger partial charge in [-0.25, -0.2) is 4.68 Å². The molecule has 4 rings (SSSR count). The SMILES string of the molecule is Cc1cc(C)n(-c2ccc(CCNC(=O)c3ccc(COc4ccccc4C#N)o3)cc2)n1. The van der Waals surface area contributed by atoms with Gasteiger partial charge in [0.15, 0.2) is 5.76 Å². The molecule has 2 aromatic carbocycles. The third kappa shape index (κ3) is 5.31. The molecule has 4 aromatic rings. The summed E-state index contributed by atoms with van der Waals surface area (Å²) in [6.45, 7) is 4.62. The minimum atomic E-state index is -0.280. The second kappa shape index (κ2) is 9.88. The molecule has 0 bridgehead atoms. The van der Waals surface area contributed by atoms with Crippen LogP contribution in [0.5, 0.6) is 5.75 Å². The molecule has 0 aliphatic heterocycles. The highest BCUT2D eigenvalue weighted by Gasteiger charge is 2.12. The lowest BCUT2D eigenvalue weighted by molar-refractivity contribution is 0.0922. The van der Waals surface area contributed by atoms with Crippen molar-refractivity contribution in [2.24, 2.45) is 0 Å². The third-order valence-electron chi connectivity index (χ3n) is 5.15. The standard InChI is InChI=1S/C26H24N4O3/c1-18-15-19(2)30(29-18)22-9-7-20(8-10-22)13-14-28-26(31)25-12-11-23(33-25)17-32-24-6-4-3-5-21(24)16-27/h3-12,15H,13-14,17H2,1-2H3,(H,28,31). The number of nitriles is 1. The summed E-state index contributed by atoms with van der Waals surface area (Å²) in [5.41, 5.74) is 4.65. The van der Waals surface area contributed by atoms with Gasteiger partial charge in [-0.3, -0.25) is 4.79 Å². The number of carbonyl (C=O) groups is 1. The molecule has 0 unspecified atom stereocenters. The van der Waals surface area contributed by atoms with Crippen molar-refractivity contribution in [3.05, 3.63) is 101 Å². The molecular weight excluding hydrogens is 416 g/mol. The lowest BCUT2D eigenvalue weighted by Crippen LogP contribution is -2.25. The van der Waals surface area contributed by atoms with Crippen molar-refractivity contribution in [1.29, 1.82) is 5.26 Å². The van der Waals surface area contributed by atoms with Gasteiger partial charge in [-0.1, -0.05) is 24.3 Å². The Balaban J connectivity index is 1.27. The first-order valence-corrected chi connectivity index (χ1v) is 10.6. The van der Waals surface area contributed by atoms with Crippen molar-refractivity contribution in [2.75, 3.05) is 6.54 Å². The normalized spacial score (nSPS) is 10.6. The van der Waals surface area contributed by atoms with Gasteiger partial charge in [0.2, 0.25) is 0 Å². The summed E-state index contributed by atoms with van der Waals surface area (Å²) in [5, 5.41) is 16.5. The van der Waals surface area contributed by atoms with Gasteiger partial charge in [-0.2, -0.15) is 10.4 Å². The van der Waals surface area contributed by atoms with E-state index in [4.69, 9.17) is 14.4 Å². The molecule has 0 saturated carbocycles. The maximum Gasteiger partial charge on any atom is 0.287 e. The summed E-state index contributed by atoms with van der Waals surface area (Å²) in [4.78, 5) is 12.4. The van der Waals surface area contributed by atoms with Crippen molar-refractivity contribution in [1.82, 2.24) is 15.1 Å². The average molecular weight is 441 g/mol. The van der Waals surface area contributed by atoms with E-state index >= 15 is 0 Å². The van der Waals surface area contributed by atoms with Gasteiger partial charge in [-0.15, -0.1) is 0 Å². The number of ether oxygens (including phenoxy) is 1. The number of aromatic nitrogens is 2. The molecule has 166 valence electrons. The van der Waals surface area contributed by atoms with Crippen LogP contribution in [0.2, 0.25) is 0 Å². The zero-order valence-electron chi connectivity index (χ0n) is 18.5.